The Balaban J connectivity index is 2.51. The molecule has 0 aliphatic rings. The molecule has 0 atom stereocenters. The van der Waals surface area contributed by atoms with Crippen molar-refractivity contribution >= 4 is 40.2 Å². The van der Waals surface area contributed by atoms with Crippen LogP contribution in [0.1, 0.15) is 12.5 Å². The molecule has 19 heavy (non-hydrogen) atoms. The normalized spacial score (nSPS) is 11.3. The van der Waals surface area contributed by atoms with Crippen LogP contribution in [0.3, 0.4) is 0 Å². The number of halogens is 1. The monoisotopic (exact) mass is 279 g/mol. The highest BCUT2D eigenvalue weighted by Crippen LogP contribution is 2.31. The lowest BCUT2D eigenvalue weighted by atomic mass is 10.1. The number of carbonyl (C=O) groups excluding carboxylic acids is 1. The molecular formula is C13H14ClN3O2. The SMILES string of the molecule is CCOC(=O)/C=C/c1c(N)c(Cl)cc2nn(C)cc12. The first-order valence-electron chi connectivity index (χ1n) is 5.79. The maximum atomic E-state index is 11.4. The number of nitrogen functional groups attached to an aromatic ring is 1. The molecule has 5 nitrogen and oxygen atoms in total. The largest absolute Gasteiger partial charge is 0.463 e. The molecule has 0 aliphatic heterocycles. The van der Waals surface area contributed by atoms with Gasteiger partial charge in [-0.1, -0.05) is 11.6 Å². The molecule has 1 aromatic carbocycles. The van der Waals surface area contributed by atoms with Gasteiger partial charge in [0.15, 0.2) is 0 Å². The minimum absolute atomic E-state index is 0.330. The van der Waals surface area contributed by atoms with Gasteiger partial charge in [0.25, 0.3) is 0 Å². The van der Waals surface area contributed by atoms with Crippen molar-refractivity contribution in [1.82, 2.24) is 9.78 Å². The van der Waals surface area contributed by atoms with E-state index in [4.69, 9.17) is 22.1 Å². The molecule has 100 valence electrons. The Morgan fingerprint density at radius 3 is 3.05 bits per heavy atom. The smallest absolute Gasteiger partial charge is 0.330 e. The van der Waals surface area contributed by atoms with Gasteiger partial charge in [-0.05, 0) is 19.1 Å². The highest BCUT2D eigenvalue weighted by molar-refractivity contribution is 6.34. The van der Waals surface area contributed by atoms with Crippen LogP contribution in [0.2, 0.25) is 5.02 Å². The van der Waals surface area contributed by atoms with Gasteiger partial charge in [0, 0.05) is 30.3 Å². The minimum Gasteiger partial charge on any atom is -0.463 e. The number of aromatic nitrogens is 2. The molecule has 2 aromatic rings. The van der Waals surface area contributed by atoms with Crippen molar-refractivity contribution < 1.29 is 9.53 Å². The van der Waals surface area contributed by atoms with Crippen molar-refractivity contribution in [1.29, 1.82) is 0 Å². The first kappa shape index (κ1) is 13.4. The van der Waals surface area contributed by atoms with Crippen LogP contribution >= 0.6 is 11.6 Å². The first-order valence-corrected chi connectivity index (χ1v) is 6.17. The average molecular weight is 280 g/mol. The molecule has 1 aromatic heterocycles. The number of ether oxygens (including phenoxy) is 1. The van der Waals surface area contributed by atoms with Gasteiger partial charge in [0.2, 0.25) is 0 Å². The summed E-state index contributed by atoms with van der Waals surface area (Å²) in [7, 11) is 1.81. The predicted molar refractivity (Wildman–Crippen MR) is 75.8 cm³/mol. The predicted octanol–water partition coefficient (Wildman–Crippen LogP) is 2.39. The summed E-state index contributed by atoms with van der Waals surface area (Å²) in [4.78, 5) is 11.4. The Hall–Kier alpha value is -2.01. The molecule has 0 unspecified atom stereocenters. The number of aryl methyl sites for hydroxylation is 1. The molecule has 2 rings (SSSR count). The maximum Gasteiger partial charge on any atom is 0.330 e. The number of benzene rings is 1. The van der Waals surface area contributed by atoms with Crippen molar-refractivity contribution in [2.75, 3.05) is 12.3 Å². The van der Waals surface area contributed by atoms with Gasteiger partial charge in [-0.15, -0.1) is 0 Å². The summed E-state index contributed by atoms with van der Waals surface area (Å²) < 4.78 is 6.50. The fraction of sp³-hybridized carbons (Fsp3) is 0.231. The summed E-state index contributed by atoms with van der Waals surface area (Å²) in [6.07, 6.45) is 4.76. The molecule has 0 aliphatic carbocycles. The van der Waals surface area contributed by atoms with Crippen molar-refractivity contribution in [2.45, 2.75) is 6.92 Å². The quantitative estimate of drug-likeness (QED) is 0.532. The molecular weight excluding hydrogens is 266 g/mol. The number of hydrogen-bond donors (Lipinski definition) is 1. The second-order valence-electron chi connectivity index (χ2n) is 4.01. The lowest BCUT2D eigenvalue weighted by Crippen LogP contribution is -1.99. The lowest BCUT2D eigenvalue weighted by Gasteiger charge is -2.04. The molecule has 6 heteroatoms. The number of carbonyl (C=O) groups is 1. The van der Waals surface area contributed by atoms with Gasteiger partial charge in [0.1, 0.15) is 0 Å². The second kappa shape index (κ2) is 5.32. The second-order valence-corrected chi connectivity index (χ2v) is 4.41. The maximum absolute atomic E-state index is 11.4. The van der Waals surface area contributed by atoms with Gasteiger partial charge in [-0.3, -0.25) is 4.68 Å². The van der Waals surface area contributed by atoms with Crippen LogP contribution in [-0.4, -0.2) is 22.4 Å². The summed E-state index contributed by atoms with van der Waals surface area (Å²) in [5, 5.41) is 5.52. The highest BCUT2D eigenvalue weighted by atomic mass is 35.5. The van der Waals surface area contributed by atoms with E-state index in [9.17, 15) is 4.79 Å². The molecule has 0 saturated carbocycles. The highest BCUT2D eigenvalue weighted by Gasteiger charge is 2.11. The summed E-state index contributed by atoms with van der Waals surface area (Å²) >= 11 is 6.05. The number of nitrogens with two attached hydrogens (primary N) is 1. The standard InChI is InChI=1S/C13H14ClN3O2/c1-3-19-12(18)5-4-8-9-7-17(2)16-11(9)6-10(14)13(8)15/h4-7H,3,15H2,1-2H3/b5-4+. The van der Waals surface area contributed by atoms with E-state index in [0.717, 1.165) is 10.9 Å². The number of hydrogen-bond acceptors (Lipinski definition) is 4. The molecule has 0 radical (unpaired) electrons. The number of rotatable bonds is 3. The third-order valence-corrected chi connectivity index (χ3v) is 2.94. The van der Waals surface area contributed by atoms with Gasteiger partial charge in [-0.2, -0.15) is 5.10 Å². The van der Waals surface area contributed by atoms with Crippen molar-refractivity contribution in [3.63, 3.8) is 0 Å². The Morgan fingerprint density at radius 2 is 2.37 bits per heavy atom. The van der Waals surface area contributed by atoms with Crippen LogP contribution < -0.4 is 5.73 Å². The van der Waals surface area contributed by atoms with E-state index in [1.54, 1.807) is 23.7 Å². The zero-order valence-corrected chi connectivity index (χ0v) is 11.4. The van der Waals surface area contributed by atoms with Crippen molar-refractivity contribution in [2.24, 2.45) is 7.05 Å². The zero-order chi connectivity index (χ0) is 14.0. The van der Waals surface area contributed by atoms with Crippen LogP contribution in [0.25, 0.3) is 17.0 Å². The number of fused-ring (bicyclic) bond motifs is 1. The third-order valence-electron chi connectivity index (χ3n) is 2.63. The van der Waals surface area contributed by atoms with Crippen molar-refractivity contribution in [3.05, 3.63) is 28.9 Å². The van der Waals surface area contributed by atoms with Gasteiger partial charge < -0.3 is 10.5 Å². The molecule has 0 spiro atoms. The fourth-order valence-corrected chi connectivity index (χ4v) is 2.02. The molecule has 2 N–H and O–H groups in total. The Kier molecular flexibility index (Phi) is 3.76. The van der Waals surface area contributed by atoms with Crippen LogP contribution in [0.5, 0.6) is 0 Å². The summed E-state index contributed by atoms with van der Waals surface area (Å²) in [5.41, 5.74) is 7.76. The van der Waals surface area contributed by atoms with E-state index in [1.165, 1.54) is 6.08 Å². The van der Waals surface area contributed by atoms with Crippen LogP contribution in [0.4, 0.5) is 5.69 Å². The number of anilines is 1. The fourth-order valence-electron chi connectivity index (χ4n) is 1.81. The minimum atomic E-state index is -0.418. The van der Waals surface area contributed by atoms with Gasteiger partial charge >= 0.3 is 5.97 Å². The van der Waals surface area contributed by atoms with Gasteiger partial charge in [0.05, 0.1) is 22.8 Å². The Labute approximate surface area is 115 Å². The summed E-state index contributed by atoms with van der Waals surface area (Å²) in [6.45, 7) is 2.08. The lowest BCUT2D eigenvalue weighted by molar-refractivity contribution is -0.137. The molecule has 0 amide bonds. The average Bonchev–Trinajstić information content (AvgIpc) is 2.70. The van der Waals surface area contributed by atoms with E-state index in [1.807, 2.05) is 13.2 Å². The van der Waals surface area contributed by atoms with Gasteiger partial charge in [-0.25, -0.2) is 4.79 Å². The van der Waals surface area contributed by atoms with Crippen molar-refractivity contribution in [3.8, 4) is 0 Å². The van der Waals surface area contributed by atoms with Crippen LogP contribution in [0.15, 0.2) is 18.3 Å². The summed E-state index contributed by atoms with van der Waals surface area (Å²) in [5.74, 6) is -0.418. The molecule has 0 saturated heterocycles. The van der Waals surface area contributed by atoms with Crippen LogP contribution in [0, 0.1) is 0 Å². The van der Waals surface area contributed by atoms with E-state index in [2.05, 4.69) is 5.10 Å². The third kappa shape index (κ3) is 2.71. The van der Waals surface area contributed by atoms with E-state index >= 15 is 0 Å². The molecule has 0 fully saturated rings. The zero-order valence-electron chi connectivity index (χ0n) is 10.7. The Morgan fingerprint density at radius 1 is 1.63 bits per heavy atom. The van der Waals surface area contributed by atoms with E-state index in [-0.39, 0.29) is 0 Å². The first-order chi connectivity index (χ1) is 9.02. The molecule has 0 bridgehead atoms. The number of nitrogens with zero attached hydrogens (tertiary/aromatic N) is 2. The van der Waals surface area contributed by atoms with E-state index < -0.39 is 5.97 Å². The Bertz CT molecular complexity index is 661. The van der Waals surface area contributed by atoms with E-state index in [0.29, 0.717) is 22.9 Å². The topological polar surface area (TPSA) is 70.1 Å². The summed E-state index contributed by atoms with van der Waals surface area (Å²) in [6, 6.07) is 1.70. The number of esters is 1. The van der Waals surface area contributed by atoms with Crippen LogP contribution in [-0.2, 0) is 16.6 Å². The molecule has 1 heterocycles.